The van der Waals surface area contributed by atoms with Gasteiger partial charge in [-0.25, -0.2) is 0 Å². The molecule has 5 rings (SSSR count). The first kappa shape index (κ1) is 20.0. The zero-order valence-electron chi connectivity index (χ0n) is 16.4. The van der Waals surface area contributed by atoms with E-state index in [0.29, 0.717) is 5.70 Å². The Morgan fingerprint density at radius 2 is 1.48 bits per heavy atom. The van der Waals surface area contributed by atoms with Crippen molar-refractivity contribution >= 4 is 59.9 Å². The molecule has 0 spiro atoms. The Labute approximate surface area is 197 Å². The number of nitrogens with zero attached hydrogens (tertiary/aromatic N) is 1. The van der Waals surface area contributed by atoms with Gasteiger partial charge in [0.15, 0.2) is 0 Å². The Morgan fingerprint density at radius 1 is 0.774 bits per heavy atom. The summed E-state index contributed by atoms with van der Waals surface area (Å²) in [6, 6.07) is 30.0. The molecule has 0 saturated carbocycles. The summed E-state index contributed by atoms with van der Waals surface area (Å²) in [5.41, 5.74) is 3.37. The van der Waals surface area contributed by atoms with Crippen LogP contribution in [0.3, 0.4) is 0 Å². The van der Waals surface area contributed by atoms with Crippen molar-refractivity contribution in [2.24, 2.45) is 0 Å². The van der Waals surface area contributed by atoms with Gasteiger partial charge in [0.2, 0.25) is 0 Å². The maximum atomic E-state index is 13.6. The summed E-state index contributed by atoms with van der Waals surface area (Å²) in [6.07, 6.45) is 2.02. The minimum atomic E-state index is -0.220. The second-order valence-electron chi connectivity index (χ2n) is 7.38. The molecule has 152 valence electrons. The lowest BCUT2D eigenvalue weighted by molar-refractivity contribution is -0.114. The smallest absolute Gasteiger partial charge is 0.275 e. The van der Waals surface area contributed by atoms with Crippen LogP contribution in [0.5, 0.6) is 0 Å². The molecule has 3 nitrogen and oxygen atoms in total. The van der Waals surface area contributed by atoms with E-state index in [1.54, 1.807) is 0 Å². The third-order valence-electron chi connectivity index (χ3n) is 5.38. The molecule has 1 unspecified atom stereocenters. The number of carbonyl (C=O) groups is 1. The number of fused-ring (bicyclic) bond motifs is 1. The molecule has 0 aromatic heterocycles. The summed E-state index contributed by atoms with van der Waals surface area (Å²) in [5, 5.41) is 5.62. The molecule has 0 radical (unpaired) electrons. The van der Waals surface area contributed by atoms with Gasteiger partial charge in [0, 0.05) is 20.3 Å². The second-order valence-corrected chi connectivity index (χ2v) is 9.22. The molecule has 0 fully saturated rings. The van der Waals surface area contributed by atoms with E-state index >= 15 is 0 Å². The number of hydrogen-bond donors (Lipinski definition) is 1. The van der Waals surface area contributed by atoms with Gasteiger partial charge in [-0.15, -0.1) is 0 Å². The molecule has 0 aliphatic carbocycles. The largest absolute Gasteiger partial charge is 0.351 e. The first-order valence-electron chi connectivity index (χ1n) is 9.91. The second kappa shape index (κ2) is 8.33. The van der Waals surface area contributed by atoms with Crippen molar-refractivity contribution in [2.45, 2.75) is 6.04 Å². The van der Waals surface area contributed by atoms with Crippen LogP contribution in [0.2, 0.25) is 0 Å². The van der Waals surface area contributed by atoms with Gasteiger partial charge in [-0.1, -0.05) is 86.5 Å². The van der Waals surface area contributed by atoms with Crippen LogP contribution in [0.25, 0.3) is 10.8 Å². The van der Waals surface area contributed by atoms with Crippen LogP contribution >= 0.6 is 31.9 Å². The molecule has 1 heterocycles. The SMILES string of the molecule is O=C1C(Nc2cccc(Br)c2)=CC(c2cccc3ccccc23)N1c1cccc(Br)c1. The van der Waals surface area contributed by atoms with Crippen LogP contribution in [-0.4, -0.2) is 5.91 Å². The molecular weight excluding hydrogens is 516 g/mol. The summed E-state index contributed by atoms with van der Waals surface area (Å²) < 4.78 is 1.89. The van der Waals surface area contributed by atoms with Crippen molar-refractivity contribution in [2.75, 3.05) is 10.2 Å². The first-order valence-corrected chi connectivity index (χ1v) is 11.5. The van der Waals surface area contributed by atoms with Crippen LogP contribution in [0.1, 0.15) is 11.6 Å². The number of nitrogens with one attached hydrogen (secondary N) is 1. The van der Waals surface area contributed by atoms with E-state index in [4.69, 9.17) is 0 Å². The molecule has 31 heavy (non-hydrogen) atoms. The van der Waals surface area contributed by atoms with Crippen LogP contribution < -0.4 is 10.2 Å². The molecule has 1 atom stereocenters. The standard InChI is InChI=1S/C26H18Br2N2O/c27-18-8-4-10-20(14-18)29-24-16-25(23-13-3-7-17-6-1-2-12-22(17)23)30(26(24)31)21-11-5-9-19(28)15-21/h1-16,25,29H. The predicted molar refractivity (Wildman–Crippen MR) is 134 cm³/mol. The maximum absolute atomic E-state index is 13.6. The van der Waals surface area contributed by atoms with E-state index < -0.39 is 0 Å². The third kappa shape index (κ3) is 3.91. The van der Waals surface area contributed by atoms with Gasteiger partial charge < -0.3 is 5.32 Å². The van der Waals surface area contributed by atoms with E-state index in [2.05, 4.69) is 67.5 Å². The lowest BCUT2D eigenvalue weighted by Gasteiger charge is -2.26. The number of halogens is 2. The van der Waals surface area contributed by atoms with Gasteiger partial charge in [-0.05, 0) is 58.8 Å². The molecule has 4 aromatic rings. The van der Waals surface area contributed by atoms with E-state index in [1.165, 1.54) is 0 Å². The van der Waals surface area contributed by atoms with Crippen LogP contribution in [0, 0.1) is 0 Å². The summed E-state index contributed by atoms with van der Waals surface area (Å²) in [5.74, 6) is -0.0593. The Morgan fingerprint density at radius 3 is 2.29 bits per heavy atom. The summed E-state index contributed by atoms with van der Waals surface area (Å²) in [7, 11) is 0. The maximum Gasteiger partial charge on any atom is 0.275 e. The highest BCUT2D eigenvalue weighted by Gasteiger charge is 2.35. The number of benzene rings is 4. The summed E-state index contributed by atoms with van der Waals surface area (Å²) in [4.78, 5) is 15.4. The van der Waals surface area contributed by atoms with Crippen molar-refractivity contribution in [3.05, 3.63) is 117 Å². The number of amides is 1. The average Bonchev–Trinajstić information content (AvgIpc) is 3.09. The highest BCUT2D eigenvalue weighted by molar-refractivity contribution is 9.10. The fourth-order valence-corrected chi connectivity index (χ4v) is 4.80. The normalized spacial score (nSPS) is 15.9. The van der Waals surface area contributed by atoms with E-state index in [9.17, 15) is 4.79 Å². The van der Waals surface area contributed by atoms with Crippen molar-refractivity contribution in [3.63, 3.8) is 0 Å². The summed E-state index contributed by atoms with van der Waals surface area (Å²) in [6.45, 7) is 0. The van der Waals surface area contributed by atoms with Gasteiger partial charge in [0.25, 0.3) is 5.91 Å². The molecule has 1 aliphatic rings. The molecule has 1 amide bonds. The molecule has 5 heteroatoms. The monoisotopic (exact) mass is 532 g/mol. The predicted octanol–water partition coefficient (Wildman–Crippen LogP) is 7.45. The fourth-order valence-electron chi connectivity index (χ4n) is 4.02. The Balaban J connectivity index is 1.64. The zero-order chi connectivity index (χ0) is 21.4. The number of hydrogen-bond acceptors (Lipinski definition) is 2. The number of carbonyl (C=O) groups excluding carboxylic acids is 1. The number of anilines is 2. The first-order chi connectivity index (χ1) is 15.1. The number of rotatable bonds is 4. The topological polar surface area (TPSA) is 32.3 Å². The Kier molecular flexibility index (Phi) is 5.38. The lowest BCUT2D eigenvalue weighted by atomic mass is 9.98. The van der Waals surface area contributed by atoms with E-state index in [1.807, 2.05) is 71.6 Å². The Bertz CT molecular complexity index is 1330. The highest BCUT2D eigenvalue weighted by Crippen LogP contribution is 2.39. The van der Waals surface area contributed by atoms with Crippen molar-refractivity contribution in [1.82, 2.24) is 0 Å². The molecular formula is C26H18Br2N2O. The van der Waals surface area contributed by atoms with Gasteiger partial charge in [-0.2, -0.15) is 0 Å². The van der Waals surface area contributed by atoms with E-state index in [0.717, 1.165) is 36.7 Å². The minimum absolute atomic E-state index is 0.0593. The van der Waals surface area contributed by atoms with Crippen LogP contribution in [0.4, 0.5) is 11.4 Å². The fraction of sp³-hybridized carbons (Fsp3) is 0.0385. The highest BCUT2D eigenvalue weighted by atomic mass is 79.9. The van der Waals surface area contributed by atoms with Crippen molar-refractivity contribution in [3.8, 4) is 0 Å². The molecule has 1 N–H and O–H groups in total. The minimum Gasteiger partial charge on any atom is -0.351 e. The molecule has 0 saturated heterocycles. The molecule has 4 aromatic carbocycles. The zero-order valence-corrected chi connectivity index (χ0v) is 19.6. The van der Waals surface area contributed by atoms with Gasteiger partial charge in [0.05, 0.1) is 6.04 Å². The van der Waals surface area contributed by atoms with Gasteiger partial charge >= 0.3 is 0 Å². The van der Waals surface area contributed by atoms with Gasteiger partial charge in [0.1, 0.15) is 5.70 Å². The average molecular weight is 534 g/mol. The van der Waals surface area contributed by atoms with E-state index in [-0.39, 0.29) is 11.9 Å². The van der Waals surface area contributed by atoms with Crippen molar-refractivity contribution in [1.29, 1.82) is 0 Å². The third-order valence-corrected chi connectivity index (χ3v) is 6.37. The van der Waals surface area contributed by atoms with Crippen molar-refractivity contribution < 1.29 is 4.79 Å². The van der Waals surface area contributed by atoms with Crippen LogP contribution in [-0.2, 0) is 4.79 Å². The quantitative estimate of drug-likeness (QED) is 0.295. The summed E-state index contributed by atoms with van der Waals surface area (Å²) >= 11 is 7.05. The van der Waals surface area contributed by atoms with Crippen LogP contribution in [0.15, 0.2) is 112 Å². The lowest BCUT2D eigenvalue weighted by Crippen LogP contribution is -2.30. The molecule has 0 bridgehead atoms. The Hall–Kier alpha value is -2.89. The van der Waals surface area contributed by atoms with Gasteiger partial charge in [-0.3, -0.25) is 9.69 Å². The molecule has 1 aliphatic heterocycles.